The zero-order valence-electron chi connectivity index (χ0n) is 17.3. The van der Waals surface area contributed by atoms with Crippen LogP contribution in [0.15, 0.2) is 29.4 Å². The lowest BCUT2D eigenvalue weighted by Crippen LogP contribution is -2.39. The van der Waals surface area contributed by atoms with Gasteiger partial charge in [-0.1, -0.05) is 0 Å². The summed E-state index contributed by atoms with van der Waals surface area (Å²) in [7, 11) is 0. The number of aryl methyl sites for hydroxylation is 3. The van der Waals surface area contributed by atoms with E-state index < -0.39 is 17.6 Å². The Morgan fingerprint density at radius 2 is 2.03 bits per heavy atom. The van der Waals surface area contributed by atoms with E-state index in [1.54, 1.807) is 0 Å². The highest BCUT2D eigenvalue weighted by Gasteiger charge is 2.34. The molecule has 168 valence electrons. The van der Waals surface area contributed by atoms with E-state index >= 15 is 0 Å². The van der Waals surface area contributed by atoms with Gasteiger partial charge in [-0.3, -0.25) is 9.67 Å². The maximum absolute atomic E-state index is 12.9. The average molecular weight is 540 g/mol. The van der Waals surface area contributed by atoms with Crippen molar-refractivity contribution in [3.63, 3.8) is 0 Å². The molecule has 0 saturated carbocycles. The van der Waals surface area contributed by atoms with Crippen LogP contribution in [0.1, 0.15) is 30.3 Å². The van der Waals surface area contributed by atoms with Gasteiger partial charge in [-0.05, 0) is 45.4 Å². The molecule has 0 aromatic carbocycles. The minimum Gasteiger partial charge on any atom is -0.475 e. The number of nitrogens with one attached hydrogen (secondary N) is 2. The zero-order valence-corrected chi connectivity index (χ0v) is 19.6. The number of nitrogens with zero attached hydrogens (tertiary/aromatic N) is 4. The summed E-state index contributed by atoms with van der Waals surface area (Å²) in [6, 6.07) is 4.21. The maximum atomic E-state index is 12.9. The Labute approximate surface area is 191 Å². The first kappa shape index (κ1) is 26.0. The molecule has 2 N–H and O–H groups in total. The zero-order chi connectivity index (χ0) is 21.3. The summed E-state index contributed by atoms with van der Waals surface area (Å²) in [5, 5.41) is 10.6. The van der Waals surface area contributed by atoms with Crippen LogP contribution in [0.25, 0.3) is 0 Å². The molecular formula is C19H28F3IN6O. The van der Waals surface area contributed by atoms with Crippen LogP contribution >= 0.6 is 24.0 Å². The molecule has 0 aliphatic rings. The number of hydrogen-bond donors (Lipinski definition) is 2. The molecule has 2 rings (SSSR count). The topological polar surface area (TPSA) is 76.4 Å². The second kappa shape index (κ2) is 12.6. The van der Waals surface area contributed by atoms with Crippen LogP contribution in [-0.4, -0.2) is 47.0 Å². The second-order valence-electron chi connectivity index (χ2n) is 6.39. The van der Waals surface area contributed by atoms with Crippen LogP contribution in [0.3, 0.4) is 0 Å². The third-order valence-electron chi connectivity index (χ3n) is 3.96. The lowest BCUT2D eigenvalue weighted by atomic mass is 10.2. The normalized spacial score (nSPS) is 11.7. The van der Waals surface area contributed by atoms with E-state index in [-0.39, 0.29) is 37.1 Å². The molecule has 0 aliphatic carbocycles. The SMILES string of the molecule is CCNC(=NCCCn1nc(C)cc1C)NCCOc1ncccc1C(F)(F)F.I. The number of guanidine groups is 1. The molecule has 0 unspecified atom stereocenters. The van der Waals surface area contributed by atoms with Gasteiger partial charge in [0.15, 0.2) is 5.96 Å². The van der Waals surface area contributed by atoms with Gasteiger partial charge in [0.2, 0.25) is 5.88 Å². The molecule has 0 aliphatic heterocycles. The third kappa shape index (κ3) is 8.36. The smallest absolute Gasteiger partial charge is 0.421 e. The molecule has 0 bridgehead atoms. The molecular weight excluding hydrogens is 512 g/mol. The highest BCUT2D eigenvalue weighted by Crippen LogP contribution is 2.34. The van der Waals surface area contributed by atoms with E-state index in [0.717, 1.165) is 30.4 Å². The van der Waals surface area contributed by atoms with Gasteiger partial charge >= 0.3 is 6.18 Å². The lowest BCUT2D eigenvalue weighted by molar-refractivity contribution is -0.139. The Kier molecular flexibility index (Phi) is 10.9. The van der Waals surface area contributed by atoms with E-state index in [1.165, 1.54) is 12.3 Å². The molecule has 11 heteroatoms. The molecule has 0 atom stereocenters. The van der Waals surface area contributed by atoms with Gasteiger partial charge in [-0.25, -0.2) is 4.98 Å². The molecule has 2 aromatic rings. The summed E-state index contributed by atoms with van der Waals surface area (Å²) in [5.41, 5.74) is 1.22. The number of alkyl halides is 3. The largest absolute Gasteiger partial charge is 0.475 e. The molecule has 0 fully saturated rings. The van der Waals surface area contributed by atoms with Crippen molar-refractivity contribution in [2.45, 2.75) is 39.9 Å². The predicted octanol–water partition coefficient (Wildman–Crippen LogP) is 3.56. The van der Waals surface area contributed by atoms with Crippen LogP contribution in [-0.2, 0) is 12.7 Å². The van der Waals surface area contributed by atoms with Crippen LogP contribution in [0, 0.1) is 13.8 Å². The van der Waals surface area contributed by atoms with Crippen LogP contribution in [0.2, 0.25) is 0 Å². The van der Waals surface area contributed by atoms with E-state index in [9.17, 15) is 13.2 Å². The van der Waals surface area contributed by atoms with Gasteiger partial charge in [0, 0.05) is 31.5 Å². The van der Waals surface area contributed by atoms with Crippen molar-refractivity contribution >= 4 is 29.9 Å². The molecule has 30 heavy (non-hydrogen) atoms. The van der Waals surface area contributed by atoms with E-state index in [1.807, 2.05) is 31.5 Å². The summed E-state index contributed by atoms with van der Waals surface area (Å²) < 4.78 is 46.0. The number of ether oxygens (including phenoxy) is 1. The summed E-state index contributed by atoms with van der Waals surface area (Å²) in [6.45, 7) is 8.25. The fourth-order valence-electron chi connectivity index (χ4n) is 2.69. The van der Waals surface area contributed by atoms with Crippen molar-refractivity contribution in [3.8, 4) is 5.88 Å². The standard InChI is InChI=1S/C19H27F3N6O.HI/c1-4-23-18(25-9-6-11-28-15(3)13-14(2)27-28)26-10-12-29-17-16(19(20,21)22)7-5-8-24-17;/h5,7-8,13H,4,6,9-12H2,1-3H3,(H2,23,25,26);1H. The van der Waals surface area contributed by atoms with Gasteiger partial charge in [-0.2, -0.15) is 18.3 Å². The van der Waals surface area contributed by atoms with Crippen molar-refractivity contribution in [1.82, 2.24) is 25.4 Å². The third-order valence-corrected chi connectivity index (χ3v) is 3.96. The molecule has 0 radical (unpaired) electrons. The van der Waals surface area contributed by atoms with Gasteiger partial charge in [0.1, 0.15) is 12.2 Å². The molecule has 0 amide bonds. The van der Waals surface area contributed by atoms with Crippen molar-refractivity contribution < 1.29 is 17.9 Å². The molecule has 0 saturated heterocycles. The summed E-state index contributed by atoms with van der Waals surface area (Å²) in [5.74, 6) is 0.162. The first-order valence-electron chi connectivity index (χ1n) is 9.49. The highest BCUT2D eigenvalue weighted by molar-refractivity contribution is 14.0. The van der Waals surface area contributed by atoms with Crippen molar-refractivity contribution in [2.24, 2.45) is 4.99 Å². The van der Waals surface area contributed by atoms with E-state index in [4.69, 9.17) is 4.74 Å². The Bertz CT molecular complexity index is 810. The number of hydrogen-bond acceptors (Lipinski definition) is 4. The van der Waals surface area contributed by atoms with Gasteiger partial charge in [0.25, 0.3) is 0 Å². The van der Waals surface area contributed by atoms with Crippen LogP contribution in [0.4, 0.5) is 13.2 Å². The fourth-order valence-corrected chi connectivity index (χ4v) is 2.69. The highest BCUT2D eigenvalue weighted by atomic mass is 127. The first-order valence-corrected chi connectivity index (χ1v) is 9.49. The Hall–Kier alpha value is -2.05. The minimum atomic E-state index is -4.50. The Balaban J connectivity index is 0.00000450. The number of pyridine rings is 1. The molecule has 0 spiro atoms. The lowest BCUT2D eigenvalue weighted by Gasteiger charge is -2.14. The molecule has 7 nitrogen and oxygen atoms in total. The number of aromatic nitrogens is 3. The second-order valence-corrected chi connectivity index (χ2v) is 6.39. The number of halogens is 4. The van der Waals surface area contributed by atoms with Crippen LogP contribution in [0.5, 0.6) is 5.88 Å². The number of aliphatic imine (C=N–C) groups is 1. The summed E-state index contributed by atoms with van der Waals surface area (Å²) >= 11 is 0. The fraction of sp³-hybridized carbons (Fsp3) is 0.526. The van der Waals surface area contributed by atoms with Crippen molar-refractivity contribution in [2.75, 3.05) is 26.2 Å². The van der Waals surface area contributed by atoms with Crippen molar-refractivity contribution in [1.29, 1.82) is 0 Å². The van der Waals surface area contributed by atoms with E-state index in [0.29, 0.717) is 19.0 Å². The molecule has 2 aromatic heterocycles. The maximum Gasteiger partial charge on any atom is 0.421 e. The quantitative estimate of drug-likeness (QED) is 0.220. The summed E-state index contributed by atoms with van der Waals surface area (Å²) in [6.07, 6.45) is -2.41. The van der Waals surface area contributed by atoms with Gasteiger partial charge in [-0.15, -0.1) is 24.0 Å². The first-order chi connectivity index (χ1) is 13.8. The average Bonchev–Trinajstić information content (AvgIpc) is 2.98. The summed E-state index contributed by atoms with van der Waals surface area (Å²) in [4.78, 5) is 8.14. The van der Waals surface area contributed by atoms with Crippen LogP contribution < -0.4 is 15.4 Å². The number of rotatable bonds is 9. The Morgan fingerprint density at radius 1 is 1.27 bits per heavy atom. The van der Waals surface area contributed by atoms with E-state index in [2.05, 4.69) is 25.7 Å². The monoisotopic (exact) mass is 540 g/mol. The van der Waals surface area contributed by atoms with Gasteiger partial charge in [0.05, 0.1) is 12.2 Å². The minimum absolute atomic E-state index is 0. The van der Waals surface area contributed by atoms with Crippen molar-refractivity contribution in [3.05, 3.63) is 41.3 Å². The predicted molar refractivity (Wildman–Crippen MR) is 120 cm³/mol. The molecule has 2 heterocycles. The Morgan fingerprint density at radius 3 is 2.67 bits per heavy atom. The van der Waals surface area contributed by atoms with Gasteiger partial charge < -0.3 is 15.4 Å².